The molecule has 0 radical (unpaired) electrons. The minimum atomic E-state index is -0.467. The third-order valence-electron chi connectivity index (χ3n) is 2.52. The number of nitrogens with two attached hydrogens (primary N) is 2. The minimum absolute atomic E-state index is 0.166. The van der Waals surface area contributed by atoms with Gasteiger partial charge >= 0.3 is 6.03 Å². The molecule has 6 nitrogen and oxygen atoms in total. The summed E-state index contributed by atoms with van der Waals surface area (Å²) in [7, 11) is 0. The van der Waals surface area contributed by atoms with Gasteiger partial charge in [-0.3, -0.25) is 15.0 Å². The lowest BCUT2D eigenvalue weighted by atomic mass is 10.1. The smallest absolute Gasteiger partial charge is 0.328 e. The van der Waals surface area contributed by atoms with Crippen LogP contribution in [-0.2, 0) is 4.79 Å². The monoisotopic (exact) mass is 238 g/mol. The maximum atomic E-state index is 11.6. The Balaban J connectivity index is 2.86. The van der Waals surface area contributed by atoms with Gasteiger partial charge in [0, 0.05) is 24.9 Å². The van der Waals surface area contributed by atoms with Crippen molar-refractivity contribution in [2.24, 2.45) is 17.4 Å². The van der Waals surface area contributed by atoms with E-state index in [4.69, 9.17) is 11.5 Å². The van der Waals surface area contributed by atoms with Crippen molar-refractivity contribution in [1.29, 1.82) is 0 Å². The quantitative estimate of drug-likeness (QED) is 0.612. The highest BCUT2D eigenvalue weighted by Crippen LogP contribution is 2.13. The Morgan fingerprint density at radius 1 is 1.47 bits per heavy atom. The van der Waals surface area contributed by atoms with Crippen molar-refractivity contribution in [3.8, 4) is 0 Å². The molecular formula is C11H18N4O2. The zero-order valence-corrected chi connectivity index (χ0v) is 10.1. The van der Waals surface area contributed by atoms with Gasteiger partial charge in [0.05, 0.1) is 5.70 Å². The second kappa shape index (κ2) is 5.38. The molecule has 0 unspecified atom stereocenters. The molecule has 1 saturated heterocycles. The minimum Gasteiger partial charge on any atom is -0.403 e. The van der Waals surface area contributed by atoms with E-state index in [-0.39, 0.29) is 18.2 Å². The van der Waals surface area contributed by atoms with Crippen LogP contribution in [0, 0.1) is 5.92 Å². The average molecular weight is 238 g/mol. The molecule has 0 aromatic carbocycles. The first-order valence-corrected chi connectivity index (χ1v) is 5.46. The molecule has 0 atom stereocenters. The topological polar surface area (TPSA) is 101 Å². The van der Waals surface area contributed by atoms with Crippen molar-refractivity contribution in [3.63, 3.8) is 0 Å². The van der Waals surface area contributed by atoms with Gasteiger partial charge in [0.25, 0.3) is 0 Å². The number of rotatable bonds is 3. The summed E-state index contributed by atoms with van der Waals surface area (Å²) in [5, 5.41) is 2.23. The molecule has 0 aromatic rings. The second-order valence-corrected chi connectivity index (χ2v) is 4.15. The Morgan fingerprint density at radius 3 is 2.59 bits per heavy atom. The zero-order valence-electron chi connectivity index (χ0n) is 10.1. The Kier molecular flexibility index (Phi) is 4.14. The van der Waals surface area contributed by atoms with E-state index in [1.54, 1.807) is 6.08 Å². The molecule has 0 spiro atoms. The van der Waals surface area contributed by atoms with Gasteiger partial charge < -0.3 is 11.5 Å². The third kappa shape index (κ3) is 3.24. The van der Waals surface area contributed by atoms with Gasteiger partial charge in [-0.1, -0.05) is 13.8 Å². The first-order valence-electron chi connectivity index (χ1n) is 5.46. The molecule has 0 bridgehead atoms. The second-order valence-electron chi connectivity index (χ2n) is 4.15. The lowest BCUT2D eigenvalue weighted by Gasteiger charge is -2.27. The number of amides is 3. The van der Waals surface area contributed by atoms with Crippen LogP contribution in [0.15, 0.2) is 23.7 Å². The molecule has 1 aliphatic heterocycles. The maximum Gasteiger partial charge on any atom is 0.328 e. The zero-order chi connectivity index (χ0) is 13.0. The fourth-order valence-electron chi connectivity index (χ4n) is 1.36. The van der Waals surface area contributed by atoms with Crippen molar-refractivity contribution in [1.82, 2.24) is 10.2 Å². The highest BCUT2D eigenvalue weighted by atomic mass is 16.2. The maximum absolute atomic E-state index is 11.6. The molecule has 5 N–H and O–H groups in total. The molecular weight excluding hydrogens is 220 g/mol. The van der Waals surface area contributed by atoms with Crippen LogP contribution in [0.4, 0.5) is 4.79 Å². The van der Waals surface area contributed by atoms with E-state index in [0.717, 1.165) is 0 Å². The van der Waals surface area contributed by atoms with Gasteiger partial charge in [-0.25, -0.2) is 4.79 Å². The molecule has 3 amide bonds. The number of hydrogen-bond acceptors (Lipinski definition) is 4. The van der Waals surface area contributed by atoms with E-state index in [1.165, 1.54) is 11.1 Å². The van der Waals surface area contributed by atoms with Crippen molar-refractivity contribution < 1.29 is 9.59 Å². The third-order valence-corrected chi connectivity index (χ3v) is 2.52. The Labute approximate surface area is 100 Å². The number of urea groups is 1. The standard InChI is InChI=1S/C11H18N4O2/c1-7(2)9(13)5-8(6-12)15-4-3-10(16)14-11(15)17/h5-7H,3-4,12-13H2,1-2H3,(H,14,16,17)/b8-6+,9-5-. The van der Waals surface area contributed by atoms with Crippen LogP contribution in [0.1, 0.15) is 20.3 Å². The summed E-state index contributed by atoms with van der Waals surface area (Å²) in [6, 6.07) is -0.467. The van der Waals surface area contributed by atoms with Crippen molar-refractivity contribution in [2.45, 2.75) is 20.3 Å². The molecule has 1 heterocycles. The average Bonchev–Trinajstić information content (AvgIpc) is 2.26. The molecule has 94 valence electrons. The molecule has 0 aromatic heterocycles. The van der Waals surface area contributed by atoms with Crippen molar-refractivity contribution in [3.05, 3.63) is 23.7 Å². The van der Waals surface area contributed by atoms with E-state index in [9.17, 15) is 9.59 Å². The molecule has 6 heteroatoms. The summed E-state index contributed by atoms with van der Waals surface area (Å²) in [5.74, 6) is -0.108. The van der Waals surface area contributed by atoms with Gasteiger partial charge in [-0.15, -0.1) is 0 Å². The number of carbonyl (C=O) groups excluding carboxylic acids is 2. The van der Waals surface area contributed by atoms with Crippen LogP contribution in [-0.4, -0.2) is 23.4 Å². The Bertz CT molecular complexity index is 385. The Morgan fingerprint density at radius 2 is 2.12 bits per heavy atom. The number of imide groups is 1. The summed E-state index contributed by atoms with van der Waals surface area (Å²) in [5.41, 5.74) is 12.4. The molecule has 0 saturated carbocycles. The van der Waals surface area contributed by atoms with Gasteiger partial charge in [0.1, 0.15) is 0 Å². The number of hydrogen-bond donors (Lipinski definition) is 3. The molecule has 0 aliphatic carbocycles. The van der Waals surface area contributed by atoms with Gasteiger partial charge in [0.15, 0.2) is 0 Å². The SMILES string of the molecule is CC(C)/C(N)=C/C(=C\N)N1CCC(=O)NC1=O. The van der Waals surface area contributed by atoms with Crippen molar-refractivity contribution in [2.75, 3.05) is 6.54 Å². The predicted molar refractivity (Wildman–Crippen MR) is 64.2 cm³/mol. The highest BCUT2D eigenvalue weighted by molar-refractivity contribution is 5.97. The predicted octanol–water partition coefficient (Wildman–Crippen LogP) is 0.227. The first kappa shape index (κ1) is 13.1. The van der Waals surface area contributed by atoms with Gasteiger partial charge in [-0.2, -0.15) is 0 Å². The van der Waals surface area contributed by atoms with E-state index >= 15 is 0 Å². The number of carbonyl (C=O) groups is 2. The van der Waals surface area contributed by atoms with Crippen LogP contribution in [0.25, 0.3) is 0 Å². The van der Waals surface area contributed by atoms with Gasteiger partial charge in [0.2, 0.25) is 5.91 Å². The van der Waals surface area contributed by atoms with Crippen LogP contribution in [0.3, 0.4) is 0 Å². The summed E-state index contributed by atoms with van der Waals surface area (Å²) in [6.45, 7) is 4.20. The summed E-state index contributed by atoms with van der Waals surface area (Å²) >= 11 is 0. The van der Waals surface area contributed by atoms with Crippen LogP contribution < -0.4 is 16.8 Å². The first-order chi connectivity index (χ1) is 7.95. The van der Waals surface area contributed by atoms with Crippen LogP contribution >= 0.6 is 0 Å². The normalized spacial score (nSPS) is 18.6. The largest absolute Gasteiger partial charge is 0.403 e. The van der Waals surface area contributed by atoms with Crippen LogP contribution in [0.2, 0.25) is 0 Å². The van der Waals surface area contributed by atoms with Crippen molar-refractivity contribution >= 4 is 11.9 Å². The lowest BCUT2D eigenvalue weighted by molar-refractivity contribution is -0.121. The molecule has 1 fully saturated rings. The fourth-order valence-corrected chi connectivity index (χ4v) is 1.36. The summed E-state index contributed by atoms with van der Waals surface area (Å²) in [6.07, 6.45) is 3.23. The molecule has 17 heavy (non-hydrogen) atoms. The number of nitrogens with zero attached hydrogens (tertiary/aromatic N) is 1. The summed E-state index contributed by atoms with van der Waals surface area (Å²) in [4.78, 5) is 24.0. The lowest BCUT2D eigenvalue weighted by Crippen LogP contribution is -2.48. The molecule has 1 aliphatic rings. The summed E-state index contributed by atoms with van der Waals surface area (Å²) < 4.78 is 0. The molecule has 1 rings (SSSR count). The van der Waals surface area contributed by atoms with Gasteiger partial charge in [-0.05, 0) is 12.0 Å². The van der Waals surface area contributed by atoms with E-state index in [1.807, 2.05) is 13.8 Å². The fraction of sp³-hybridized carbons (Fsp3) is 0.455. The van der Waals surface area contributed by atoms with Crippen LogP contribution in [0.5, 0.6) is 0 Å². The number of allylic oxidation sites excluding steroid dienone is 2. The van der Waals surface area contributed by atoms with E-state index in [0.29, 0.717) is 17.9 Å². The Hall–Kier alpha value is -1.98. The highest BCUT2D eigenvalue weighted by Gasteiger charge is 2.24. The van der Waals surface area contributed by atoms with E-state index in [2.05, 4.69) is 5.32 Å². The number of nitrogens with one attached hydrogen (secondary N) is 1. The van der Waals surface area contributed by atoms with E-state index < -0.39 is 6.03 Å².